The van der Waals surface area contributed by atoms with Gasteiger partial charge in [-0.15, -0.1) is 0 Å². The molecule has 24 heavy (non-hydrogen) atoms. The van der Waals surface area contributed by atoms with E-state index < -0.39 is 0 Å². The van der Waals surface area contributed by atoms with Crippen molar-refractivity contribution in [1.29, 1.82) is 0 Å². The van der Waals surface area contributed by atoms with Crippen LogP contribution < -0.4 is 10.1 Å². The maximum atomic E-state index is 11.8. The van der Waals surface area contributed by atoms with Gasteiger partial charge in [0.1, 0.15) is 11.3 Å². The molecule has 1 N–H and O–H groups in total. The van der Waals surface area contributed by atoms with E-state index in [4.69, 9.17) is 9.15 Å². The largest absolute Gasteiger partial charge is 0.496 e. The topological polar surface area (TPSA) is 64.4 Å². The number of anilines is 1. The zero-order chi connectivity index (χ0) is 16.9. The minimum atomic E-state index is 0.0145. The summed E-state index contributed by atoms with van der Waals surface area (Å²) in [5.74, 6) is 1.22. The first-order valence-corrected chi connectivity index (χ1v) is 8.05. The fourth-order valence-corrected chi connectivity index (χ4v) is 2.50. The second-order valence-electron chi connectivity index (χ2n) is 5.55. The summed E-state index contributed by atoms with van der Waals surface area (Å²) in [5.41, 5.74) is 2.88. The Labute approximate surface area is 140 Å². The molecule has 0 saturated carbocycles. The molecule has 3 aromatic rings. The van der Waals surface area contributed by atoms with Gasteiger partial charge in [-0.2, -0.15) is 0 Å². The summed E-state index contributed by atoms with van der Waals surface area (Å²) in [4.78, 5) is 16.3. The lowest BCUT2D eigenvalue weighted by Crippen LogP contribution is -2.10. The van der Waals surface area contributed by atoms with Gasteiger partial charge < -0.3 is 14.5 Å². The number of para-hydroxylation sites is 1. The van der Waals surface area contributed by atoms with E-state index in [0.717, 1.165) is 23.9 Å². The van der Waals surface area contributed by atoms with Gasteiger partial charge in [-0.25, -0.2) is 4.98 Å². The fraction of sp³-hybridized carbons (Fsp3) is 0.263. The van der Waals surface area contributed by atoms with Gasteiger partial charge in [0.15, 0.2) is 5.58 Å². The van der Waals surface area contributed by atoms with Crippen molar-refractivity contribution in [2.24, 2.45) is 0 Å². The van der Waals surface area contributed by atoms with Crippen LogP contribution in [0.2, 0.25) is 0 Å². The normalized spacial score (nSPS) is 10.8. The summed E-state index contributed by atoms with van der Waals surface area (Å²) >= 11 is 0. The molecule has 0 aliphatic heterocycles. The second-order valence-corrected chi connectivity index (χ2v) is 5.55. The summed E-state index contributed by atoms with van der Waals surface area (Å²) in [7, 11) is 1.62. The Morgan fingerprint density at radius 2 is 2.08 bits per heavy atom. The standard InChI is InChI=1S/C19H20N2O3/c1-3-4-9-18(22)20-13-10-11-15-17(12-13)24-19(21-15)14-7-5-6-8-16(14)23-2/h5-8,10-12H,3-4,9H2,1-2H3,(H,20,22). The highest BCUT2D eigenvalue weighted by Gasteiger charge is 2.13. The third-order valence-electron chi connectivity index (χ3n) is 3.77. The number of nitrogens with one attached hydrogen (secondary N) is 1. The monoisotopic (exact) mass is 324 g/mol. The van der Waals surface area contributed by atoms with Crippen molar-refractivity contribution >= 4 is 22.7 Å². The van der Waals surface area contributed by atoms with Crippen molar-refractivity contribution in [1.82, 2.24) is 4.98 Å². The molecule has 5 nitrogen and oxygen atoms in total. The number of aromatic nitrogens is 1. The lowest BCUT2D eigenvalue weighted by atomic mass is 10.2. The lowest BCUT2D eigenvalue weighted by molar-refractivity contribution is -0.116. The van der Waals surface area contributed by atoms with Crippen molar-refractivity contribution in [2.75, 3.05) is 12.4 Å². The predicted octanol–water partition coefficient (Wildman–Crippen LogP) is 4.63. The van der Waals surface area contributed by atoms with Crippen LogP contribution in [0.1, 0.15) is 26.2 Å². The highest BCUT2D eigenvalue weighted by Crippen LogP contribution is 2.32. The van der Waals surface area contributed by atoms with Crippen LogP contribution in [0.15, 0.2) is 46.9 Å². The van der Waals surface area contributed by atoms with Gasteiger partial charge in [-0.1, -0.05) is 25.5 Å². The van der Waals surface area contributed by atoms with Crippen molar-refractivity contribution in [2.45, 2.75) is 26.2 Å². The van der Waals surface area contributed by atoms with Gasteiger partial charge in [0.2, 0.25) is 11.8 Å². The van der Waals surface area contributed by atoms with Crippen LogP contribution >= 0.6 is 0 Å². The summed E-state index contributed by atoms with van der Waals surface area (Å²) in [6.07, 6.45) is 2.41. The Hall–Kier alpha value is -2.82. The number of hydrogen-bond donors (Lipinski definition) is 1. The fourth-order valence-electron chi connectivity index (χ4n) is 2.50. The molecule has 124 valence electrons. The average Bonchev–Trinajstić information content (AvgIpc) is 3.03. The first-order valence-electron chi connectivity index (χ1n) is 8.05. The van der Waals surface area contributed by atoms with Gasteiger partial charge in [-0.3, -0.25) is 4.79 Å². The number of carbonyl (C=O) groups is 1. The van der Waals surface area contributed by atoms with Crippen LogP contribution in [-0.2, 0) is 4.79 Å². The molecule has 0 atom stereocenters. The van der Waals surface area contributed by atoms with E-state index in [1.807, 2.05) is 36.4 Å². The number of ether oxygens (including phenoxy) is 1. The van der Waals surface area contributed by atoms with Gasteiger partial charge in [0.05, 0.1) is 12.7 Å². The van der Waals surface area contributed by atoms with Crippen LogP contribution in [0.4, 0.5) is 5.69 Å². The van der Waals surface area contributed by atoms with Crippen LogP contribution in [0, 0.1) is 0 Å². The zero-order valence-corrected chi connectivity index (χ0v) is 13.8. The number of unbranched alkanes of at least 4 members (excludes halogenated alkanes) is 1. The molecule has 2 aromatic carbocycles. The van der Waals surface area contributed by atoms with Crippen molar-refractivity contribution in [3.63, 3.8) is 0 Å². The Balaban J connectivity index is 1.88. The number of hydrogen-bond acceptors (Lipinski definition) is 4. The van der Waals surface area contributed by atoms with Crippen LogP contribution in [0.5, 0.6) is 5.75 Å². The quantitative estimate of drug-likeness (QED) is 0.718. The molecule has 0 aliphatic carbocycles. The van der Waals surface area contributed by atoms with Gasteiger partial charge in [0, 0.05) is 18.2 Å². The van der Waals surface area contributed by atoms with Gasteiger partial charge in [0.25, 0.3) is 0 Å². The van der Waals surface area contributed by atoms with Gasteiger partial charge in [-0.05, 0) is 30.7 Å². The Kier molecular flexibility index (Phi) is 4.79. The van der Waals surface area contributed by atoms with E-state index in [1.165, 1.54) is 0 Å². The molecule has 0 fully saturated rings. The SMILES string of the molecule is CCCCC(=O)Nc1ccc2nc(-c3ccccc3OC)oc2c1. The first kappa shape index (κ1) is 16.1. The summed E-state index contributed by atoms with van der Waals surface area (Å²) in [6.45, 7) is 2.06. The summed E-state index contributed by atoms with van der Waals surface area (Å²) in [5, 5.41) is 2.89. The maximum absolute atomic E-state index is 11.8. The Bertz CT molecular complexity index is 855. The lowest BCUT2D eigenvalue weighted by Gasteiger charge is -2.04. The third-order valence-corrected chi connectivity index (χ3v) is 3.77. The van der Waals surface area contributed by atoms with E-state index in [2.05, 4.69) is 17.2 Å². The number of rotatable bonds is 6. The molecule has 0 saturated heterocycles. The molecule has 3 rings (SSSR count). The summed E-state index contributed by atoms with van der Waals surface area (Å²) in [6, 6.07) is 13.0. The molecule has 0 spiro atoms. The van der Waals surface area contributed by atoms with Crippen molar-refractivity contribution < 1.29 is 13.9 Å². The smallest absolute Gasteiger partial charge is 0.231 e. The highest BCUT2D eigenvalue weighted by atomic mass is 16.5. The van der Waals surface area contributed by atoms with E-state index >= 15 is 0 Å². The molecule has 0 aliphatic rings. The third kappa shape index (κ3) is 3.40. The molecule has 0 unspecified atom stereocenters. The number of carbonyl (C=O) groups excluding carboxylic acids is 1. The second kappa shape index (κ2) is 7.17. The number of oxazole rings is 1. The Morgan fingerprint density at radius 3 is 2.88 bits per heavy atom. The van der Waals surface area contributed by atoms with E-state index in [1.54, 1.807) is 13.2 Å². The highest BCUT2D eigenvalue weighted by molar-refractivity contribution is 5.93. The number of amides is 1. The zero-order valence-electron chi connectivity index (χ0n) is 13.8. The molecule has 0 bridgehead atoms. The van der Waals surface area contributed by atoms with Crippen molar-refractivity contribution in [3.05, 3.63) is 42.5 Å². The van der Waals surface area contributed by atoms with Crippen molar-refractivity contribution in [3.8, 4) is 17.2 Å². The molecular formula is C19H20N2O3. The maximum Gasteiger partial charge on any atom is 0.231 e. The first-order chi connectivity index (χ1) is 11.7. The molecule has 1 aromatic heterocycles. The predicted molar refractivity (Wildman–Crippen MR) is 94.2 cm³/mol. The average molecular weight is 324 g/mol. The van der Waals surface area contributed by atoms with E-state index in [-0.39, 0.29) is 5.91 Å². The minimum Gasteiger partial charge on any atom is -0.496 e. The Morgan fingerprint density at radius 1 is 1.25 bits per heavy atom. The minimum absolute atomic E-state index is 0.0145. The number of fused-ring (bicyclic) bond motifs is 1. The van der Waals surface area contributed by atoms with Crippen LogP contribution in [0.25, 0.3) is 22.6 Å². The van der Waals surface area contributed by atoms with Crippen LogP contribution in [0.3, 0.4) is 0 Å². The molecule has 1 amide bonds. The summed E-state index contributed by atoms with van der Waals surface area (Å²) < 4.78 is 11.2. The molecular weight excluding hydrogens is 304 g/mol. The van der Waals surface area contributed by atoms with Gasteiger partial charge >= 0.3 is 0 Å². The molecule has 1 heterocycles. The van der Waals surface area contributed by atoms with Crippen LogP contribution in [-0.4, -0.2) is 18.0 Å². The number of nitrogens with zero attached hydrogens (tertiary/aromatic N) is 1. The number of benzene rings is 2. The molecule has 0 radical (unpaired) electrons. The number of methoxy groups -OCH3 is 1. The molecule has 5 heteroatoms. The van der Waals surface area contributed by atoms with E-state index in [0.29, 0.717) is 29.3 Å². The van der Waals surface area contributed by atoms with E-state index in [9.17, 15) is 4.79 Å².